The molecule has 0 amide bonds. The van der Waals surface area contributed by atoms with E-state index in [1.165, 1.54) is 25.1 Å². The van der Waals surface area contributed by atoms with Gasteiger partial charge in [-0.25, -0.2) is 0 Å². The first kappa shape index (κ1) is 19.8. The first-order chi connectivity index (χ1) is 11.5. The molecule has 2 rings (SSSR count). The quantitative estimate of drug-likeness (QED) is 0.815. The van der Waals surface area contributed by atoms with Gasteiger partial charge in [-0.3, -0.25) is 4.79 Å². The summed E-state index contributed by atoms with van der Waals surface area (Å²) in [4.78, 5) is 11.7. The molecule has 1 heterocycles. The Balaban J connectivity index is 2.68. The molecule has 0 aliphatic heterocycles. The molecule has 136 valence electrons. The van der Waals surface area contributed by atoms with Crippen LogP contribution >= 0.6 is 23.2 Å². The fourth-order valence-corrected chi connectivity index (χ4v) is 3.31. The molecule has 0 aliphatic carbocycles. The summed E-state index contributed by atoms with van der Waals surface area (Å²) in [5, 5.41) is 11.0. The molecule has 0 saturated heterocycles. The smallest absolute Gasteiger partial charge is 0.376 e. The molecule has 0 saturated carbocycles. The number of halogens is 5. The first-order valence-electron chi connectivity index (χ1n) is 7.47. The van der Waals surface area contributed by atoms with Crippen LogP contribution in [0.5, 0.6) is 0 Å². The number of rotatable bonds is 4. The Morgan fingerprint density at radius 2 is 1.84 bits per heavy atom. The van der Waals surface area contributed by atoms with E-state index in [1.807, 2.05) is 0 Å². The highest BCUT2D eigenvalue weighted by atomic mass is 35.5. The summed E-state index contributed by atoms with van der Waals surface area (Å²) in [5.74, 6) is -1.43. The molecule has 0 aliphatic rings. The highest BCUT2D eigenvalue weighted by molar-refractivity contribution is 6.35. The number of hydrogen-bond acceptors (Lipinski definition) is 2. The van der Waals surface area contributed by atoms with Gasteiger partial charge in [0.25, 0.3) is 5.56 Å². The van der Waals surface area contributed by atoms with Crippen molar-refractivity contribution in [3.05, 3.63) is 68.1 Å². The van der Waals surface area contributed by atoms with Gasteiger partial charge in [0, 0.05) is 40.3 Å². The lowest BCUT2D eigenvalue weighted by Gasteiger charge is -2.37. The first-order valence-corrected chi connectivity index (χ1v) is 8.23. The molecule has 2 aromatic rings. The molecule has 8 heteroatoms. The molecule has 25 heavy (non-hydrogen) atoms. The van der Waals surface area contributed by atoms with Gasteiger partial charge in [0.15, 0.2) is 5.60 Å². The normalized spacial score (nSPS) is 15.7. The van der Waals surface area contributed by atoms with Crippen molar-refractivity contribution in [2.75, 3.05) is 0 Å². The molecular formula is C17H16Cl2F3NO2. The van der Waals surface area contributed by atoms with Crippen LogP contribution in [0.1, 0.15) is 30.9 Å². The minimum Gasteiger partial charge on any atom is -0.376 e. The number of pyridine rings is 1. The summed E-state index contributed by atoms with van der Waals surface area (Å²) >= 11 is 11.8. The van der Waals surface area contributed by atoms with Crippen LogP contribution in [-0.4, -0.2) is 15.8 Å². The van der Waals surface area contributed by atoms with Crippen molar-refractivity contribution < 1.29 is 18.3 Å². The van der Waals surface area contributed by atoms with Gasteiger partial charge in [-0.2, -0.15) is 13.2 Å². The van der Waals surface area contributed by atoms with E-state index in [9.17, 15) is 23.1 Å². The number of benzene rings is 1. The van der Waals surface area contributed by atoms with E-state index in [0.717, 1.165) is 22.9 Å². The van der Waals surface area contributed by atoms with E-state index in [2.05, 4.69) is 0 Å². The lowest BCUT2D eigenvalue weighted by atomic mass is 9.78. The van der Waals surface area contributed by atoms with E-state index in [-0.39, 0.29) is 22.2 Å². The lowest BCUT2D eigenvalue weighted by molar-refractivity contribution is -0.274. The number of aromatic nitrogens is 1. The Morgan fingerprint density at radius 3 is 2.36 bits per heavy atom. The Labute approximate surface area is 152 Å². The maximum Gasteiger partial charge on any atom is 0.422 e. The van der Waals surface area contributed by atoms with E-state index in [4.69, 9.17) is 23.2 Å². The maximum atomic E-state index is 13.9. The van der Waals surface area contributed by atoms with E-state index in [0.29, 0.717) is 0 Å². The molecule has 2 unspecified atom stereocenters. The summed E-state index contributed by atoms with van der Waals surface area (Å²) in [6.07, 6.45) is -3.97. The topological polar surface area (TPSA) is 42.2 Å². The molecule has 0 fully saturated rings. The summed E-state index contributed by atoms with van der Waals surface area (Å²) in [6, 6.07) is 6.07. The van der Waals surface area contributed by atoms with Crippen LogP contribution in [0.15, 0.2) is 41.3 Å². The average molecular weight is 394 g/mol. The molecule has 1 N–H and O–H groups in total. The Bertz CT molecular complexity index is 835. The zero-order valence-electron chi connectivity index (χ0n) is 13.4. The number of aryl methyl sites for hydroxylation is 1. The zero-order chi connectivity index (χ0) is 19.0. The lowest BCUT2D eigenvalue weighted by Crippen LogP contribution is -2.47. The fourth-order valence-electron chi connectivity index (χ4n) is 2.74. The second kappa shape index (κ2) is 7.02. The average Bonchev–Trinajstić information content (AvgIpc) is 2.53. The molecule has 0 spiro atoms. The highest BCUT2D eigenvalue weighted by Gasteiger charge is 2.59. The van der Waals surface area contributed by atoms with E-state index in [1.54, 1.807) is 6.92 Å². The van der Waals surface area contributed by atoms with Gasteiger partial charge < -0.3 is 9.67 Å². The van der Waals surface area contributed by atoms with E-state index >= 15 is 0 Å². The summed E-state index contributed by atoms with van der Waals surface area (Å²) in [5.41, 5.74) is -4.01. The van der Waals surface area contributed by atoms with Crippen molar-refractivity contribution in [3.8, 4) is 0 Å². The molecule has 1 aromatic heterocycles. The number of nitrogens with zero attached hydrogens (tertiary/aromatic N) is 1. The van der Waals surface area contributed by atoms with Crippen molar-refractivity contribution in [1.82, 2.24) is 4.57 Å². The minimum absolute atomic E-state index is 0.0199. The molecule has 3 nitrogen and oxygen atoms in total. The summed E-state index contributed by atoms with van der Waals surface area (Å²) in [6.45, 7) is 3.03. The standard InChI is InChI=1S/C17H16Cl2F3NO2/c1-3-23-9-11(4-7-15(23)24)16(25,17(20,21)22)10(2)13-6-5-12(18)8-14(13)19/h4-10,25H,3H2,1-2H3. The van der Waals surface area contributed by atoms with Crippen LogP contribution < -0.4 is 5.56 Å². The van der Waals surface area contributed by atoms with Crippen LogP contribution in [0.4, 0.5) is 13.2 Å². The fraction of sp³-hybridized carbons (Fsp3) is 0.353. The number of aliphatic hydroxyl groups is 1. The molecule has 0 radical (unpaired) electrons. The van der Waals surface area contributed by atoms with Crippen molar-refractivity contribution >= 4 is 23.2 Å². The highest BCUT2D eigenvalue weighted by Crippen LogP contribution is 2.49. The van der Waals surface area contributed by atoms with Gasteiger partial charge in [0.1, 0.15) is 0 Å². The molecular weight excluding hydrogens is 378 g/mol. The van der Waals surface area contributed by atoms with Crippen molar-refractivity contribution in [3.63, 3.8) is 0 Å². The molecule has 0 bridgehead atoms. The van der Waals surface area contributed by atoms with Crippen molar-refractivity contribution in [2.24, 2.45) is 0 Å². The van der Waals surface area contributed by atoms with Gasteiger partial charge in [0.2, 0.25) is 0 Å². The van der Waals surface area contributed by atoms with Gasteiger partial charge in [-0.05, 0) is 30.7 Å². The Hall–Kier alpha value is -1.50. The number of alkyl halides is 3. The molecule has 2 atom stereocenters. The predicted molar refractivity (Wildman–Crippen MR) is 91.2 cm³/mol. The van der Waals surface area contributed by atoms with E-state index < -0.39 is 28.8 Å². The van der Waals surface area contributed by atoms with Gasteiger partial charge in [-0.1, -0.05) is 36.2 Å². The zero-order valence-corrected chi connectivity index (χ0v) is 15.0. The monoisotopic (exact) mass is 393 g/mol. The predicted octanol–water partition coefficient (Wildman–Crippen LogP) is 4.73. The minimum atomic E-state index is -4.99. The van der Waals surface area contributed by atoms with Crippen molar-refractivity contribution in [1.29, 1.82) is 0 Å². The van der Waals surface area contributed by atoms with Crippen LogP contribution in [0.25, 0.3) is 0 Å². The maximum absolute atomic E-state index is 13.9. The van der Waals surface area contributed by atoms with Gasteiger partial charge in [-0.15, -0.1) is 0 Å². The Kier molecular flexibility index (Phi) is 5.56. The second-order valence-corrected chi connectivity index (χ2v) is 6.54. The van der Waals surface area contributed by atoms with Crippen LogP contribution in [0, 0.1) is 0 Å². The van der Waals surface area contributed by atoms with Crippen LogP contribution in [0.2, 0.25) is 10.0 Å². The summed E-state index contributed by atoms with van der Waals surface area (Å²) in [7, 11) is 0. The third-order valence-electron chi connectivity index (χ3n) is 4.25. The van der Waals surface area contributed by atoms with Gasteiger partial charge in [0.05, 0.1) is 0 Å². The molecule has 1 aromatic carbocycles. The van der Waals surface area contributed by atoms with Crippen molar-refractivity contribution in [2.45, 2.75) is 38.1 Å². The third-order valence-corrected chi connectivity index (χ3v) is 4.81. The Morgan fingerprint density at radius 1 is 1.20 bits per heavy atom. The van der Waals surface area contributed by atoms with Gasteiger partial charge >= 0.3 is 6.18 Å². The largest absolute Gasteiger partial charge is 0.422 e. The summed E-state index contributed by atoms with van der Waals surface area (Å²) < 4.78 is 42.7. The number of hydrogen-bond donors (Lipinski definition) is 1. The van der Waals surface area contributed by atoms with Crippen LogP contribution in [-0.2, 0) is 12.1 Å². The SMILES string of the molecule is CCn1cc(C(O)(C(C)c2ccc(Cl)cc2Cl)C(F)(F)F)ccc1=O. The third kappa shape index (κ3) is 3.57. The second-order valence-electron chi connectivity index (χ2n) is 5.69. The van der Waals surface area contributed by atoms with Crippen LogP contribution in [0.3, 0.4) is 0 Å².